The first-order valence-corrected chi connectivity index (χ1v) is 5.13. The van der Waals surface area contributed by atoms with Gasteiger partial charge in [0.05, 0.1) is 0 Å². The van der Waals surface area contributed by atoms with Gasteiger partial charge in [-0.05, 0) is 25.7 Å². The summed E-state index contributed by atoms with van der Waals surface area (Å²) in [6, 6.07) is -0.00951. The van der Waals surface area contributed by atoms with Crippen molar-refractivity contribution in [1.29, 1.82) is 0 Å². The van der Waals surface area contributed by atoms with Crippen molar-refractivity contribution >= 4 is 5.91 Å². The van der Waals surface area contributed by atoms with Gasteiger partial charge in [-0.25, -0.2) is 0 Å². The van der Waals surface area contributed by atoms with E-state index in [0.29, 0.717) is 12.3 Å². The number of hydrogen-bond donors (Lipinski definition) is 1. The van der Waals surface area contributed by atoms with E-state index in [9.17, 15) is 4.79 Å². The number of carbonyl (C=O) groups excluding carboxylic acids is 1. The average Bonchev–Trinajstić information content (AvgIpc) is 2.03. The van der Waals surface area contributed by atoms with Gasteiger partial charge in [-0.2, -0.15) is 0 Å². The Morgan fingerprint density at radius 1 is 1.69 bits per heavy atom. The van der Waals surface area contributed by atoms with Crippen molar-refractivity contribution in [3.05, 3.63) is 0 Å². The van der Waals surface area contributed by atoms with Crippen LogP contribution in [0.2, 0.25) is 0 Å². The number of likely N-dealkylation sites (tertiary alicyclic amines) is 1. The van der Waals surface area contributed by atoms with Crippen LogP contribution in [0.3, 0.4) is 0 Å². The molecule has 1 rings (SSSR count). The molecule has 1 saturated heterocycles. The van der Waals surface area contributed by atoms with Crippen molar-refractivity contribution in [3.63, 3.8) is 0 Å². The van der Waals surface area contributed by atoms with Gasteiger partial charge < -0.3 is 10.6 Å². The van der Waals surface area contributed by atoms with Crippen LogP contribution in [0.4, 0.5) is 0 Å². The monoisotopic (exact) mass is 184 g/mol. The van der Waals surface area contributed by atoms with E-state index < -0.39 is 0 Å². The fourth-order valence-corrected chi connectivity index (χ4v) is 1.82. The van der Waals surface area contributed by atoms with Gasteiger partial charge in [-0.15, -0.1) is 0 Å². The van der Waals surface area contributed by atoms with E-state index in [2.05, 4.69) is 6.92 Å². The first-order valence-electron chi connectivity index (χ1n) is 5.13. The van der Waals surface area contributed by atoms with Crippen molar-refractivity contribution in [2.45, 2.75) is 39.2 Å². The maximum atomic E-state index is 11.6. The molecule has 0 aromatic carbocycles. The van der Waals surface area contributed by atoms with Crippen LogP contribution in [-0.2, 0) is 4.79 Å². The van der Waals surface area contributed by atoms with Gasteiger partial charge in [0.15, 0.2) is 0 Å². The Hall–Kier alpha value is -0.570. The van der Waals surface area contributed by atoms with Crippen molar-refractivity contribution in [2.75, 3.05) is 13.1 Å². The van der Waals surface area contributed by atoms with E-state index in [1.165, 1.54) is 6.42 Å². The number of rotatable bonds is 2. The summed E-state index contributed by atoms with van der Waals surface area (Å²) in [6.45, 7) is 5.93. The van der Waals surface area contributed by atoms with Crippen molar-refractivity contribution in [3.8, 4) is 0 Å². The van der Waals surface area contributed by atoms with Crippen LogP contribution in [0, 0.1) is 5.92 Å². The lowest BCUT2D eigenvalue weighted by Crippen LogP contribution is -2.41. The molecule has 0 radical (unpaired) electrons. The van der Waals surface area contributed by atoms with Crippen LogP contribution in [0.25, 0.3) is 0 Å². The molecule has 2 atom stereocenters. The minimum atomic E-state index is -0.00951. The van der Waals surface area contributed by atoms with Crippen LogP contribution in [0.15, 0.2) is 0 Å². The molecule has 0 bridgehead atoms. The molecule has 0 saturated carbocycles. The van der Waals surface area contributed by atoms with E-state index in [1.807, 2.05) is 11.8 Å². The van der Waals surface area contributed by atoms with Gasteiger partial charge in [-0.3, -0.25) is 4.79 Å². The lowest BCUT2D eigenvalue weighted by molar-refractivity contribution is -0.133. The third-order valence-electron chi connectivity index (χ3n) is 2.51. The summed E-state index contributed by atoms with van der Waals surface area (Å²) in [4.78, 5) is 13.6. The first-order chi connectivity index (χ1) is 6.09. The Morgan fingerprint density at radius 2 is 2.38 bits per heavy atom. The largest absolute Gasteiger partial charge is 0.342 e. The highest BCUT2D eigenvalue weighted by Crippen LogP contribution is 2.16. The van der Waals surface area contributed by atoms with Gasteiger partial charge in [0, 0.05) is 25.6 Å². The second-order valence-corrected chi connectivity index (χ2v) is 4.27. The van der Waals surface area contributed by atoms with Crippen LogP contribution in [0.5, 0.6) is 0 Å². The third-order valence-corrected chi connectivity index (χ3v) is 2.51. The summed E-state index contributed by atoms with van der Waals surface area (Å²) in [6.07, 6.45) is 2.89. The molecule has 1 amide bonds. The lowest BCUT2D eigenvalue weighted by Gasteiger charge is -2.31. The second kappa shape index (κ2) is 4.61. The van der Waals surface area contributed by atoms with Crippen molar-refractivity contribution in [1.82, 2.24) is 4.90 Å². The fraction of sp³-hybridized carbons (Fsp3) is 0.900. The first kappa shape index (κ1) is 10.5. The Balaban J connectivity index is 2.37. The molecular formula is C10H20N2O. The van der Waals surface area contributed by atoms with Crippen LogP contribution in [-0.4, -0.2) is 29.9 Å². The summed E-state index contributed by atoms with van der Waals surface area (Å²) in [5.41, 5.74) is 5.59. The van der Waals surface area contributed by atoms with E-state index in [4.69, 9.17) is 5.73 Å². The average molecular weight is 184 g/mol. The number of nitrogens with two attached hydrogens (primary N) is 1. The summed E-state index contributed by atoms with van der Waals surface area (Å²) in [5, 5.41) is 0. The molecule has 1 aliphatic heterocycles. The quantitative estimate of drug-likeness (QED) is 0.695. The zero-order valence-electron chi connectivity index (χ0n) is 8.62. The fourth-order valence-electron chi connectivity index (χ4n) is 1.82. The summed E-state index contributed by atoms with van der Waals surface area (Å²) in [7, 11) is 0. The van der Waals surface area contributed by atoms with Crippen molar-refractivity contribution < 1.29 is 4.79 Å². The van der Waals surface area contributed by atoms with Gasteiger partial charge in [0.25, 0.3) is 0 Å². The summed E-state index contributed by atoms with van der Waals surface area (Å²) < 4.78 is 0. The molecular weight excluding hydrogens is 164 g/mol. The number of nitrogens with zero attached hydrogens (tertiary/aromatic N) is 1. The molecule has 0 aromatic rings. The third kappa shape index (κ3) is 3.35. The zero-order valence-corrected chi connectivity index (χ0v) is 8.62. The van der Waals surface area contributed by atoms with Crippen LogP contribution >= 0.6 is 0 Å². The SMILES string of the molecule is CC(N)CC(=O)N1CCC[C@H](C)C1. The van der Waals surface area contributed by atoms with E-state index in [-0.39, 0.29) is 11.9 Å². The van der Waals surface area contributed by atoms with Gasteiger partial charge in [0.2, 0.25) is 5.91 Å². The zero-order chi connectivity index (χ0) is 9.84. The van der Waals surface area contributed by atoms with Crippen molar-refractivity contribution in [2.24, 2.45) is 11.7 Å². The van der Waals surface area contributed by atoms with E-state index in [0.717, 1.165) is 19.5 Å². The molecule has 13 heavy (non-hydrogen) atoms. The van der Waals surface area contributed by atoms with Gasteiger partial charge in [-0.1, -0.05) is 6.92 Å². The molecule has 1 heterocycles. The highest BCUT2D eigenvalue weighted by atomic mass is 16.2. The van der Waals surface area contributed by atoms with Crippen LogP contribution in [0.1, 0.15) is 33.1 Å². The predicted molar refractivity (Wildman–Crippen MR) is 53.2 cm³/mol. The normalized spacial score (nSPS) is 25.8. The molecule has 1 fully saturated rings. The van der Waals surface area contributed by atoms with E-state index >= 15 is 0 Å². The molecule has 0 aliphatic carbocycles. The smallest absolute Gasteiger partial charge is 0.224 e. The van der Waals surface area contributed by atoms with E-state index in [1.54, 1.807) is 0 Å². The van der Waals surface area contributed by atoms with Gasteiger partial charge >= 0.3 is 0 Å². The number of amides is 1. The molecule has 2 N–H and O–H groups in total. The number of hydrogen-bond acceptors (Lipinski definition) is 2. The molecule has 1 unspecified atom stereocenters. The Morgan fingerprint density at radius 3 is 2.92 bits per heavy atom. The topological polar surface area (TPSA) is 46.3 Å². The van der Waals surface area contributed by atoms with Crippen LogP contribution < -0.4 is 5.73 Å². The maximum Gasteiger partial charge on any atom is 0.224 e. The molecule has 3 heteroatoms. The lowest BCUT2D eigenvalue weighted by atomic mass is 10.00. The maximum absolute atomic E-state index is 11.6. The number of carbonyl (C=O) groups is 1. The minimum absolute atomic E-state index is 0.00951. The standard InChI is InChI=1S/C10H20N2O/c1-8-4-3-5-12(7-8)10(13)6-9(2)11/h8-9H,3-7,11H2,1-2H3/t8-,9?/m0/s1. The Labute approximate surface area is 80.3 Å². The second-order valence-electron chi connectivity index (χ2n) is 4.27. The Bertz CT molecular complexity index is 180. The summed E-state index contributed by atoms with van der Waals surface area (Å²) >= 11 is 0. The summed E-state index contributed by atoms with van der Waals surface area (Å²) in [5.74, 6) is 0.882. The predicted octanol–water partition coefficient (Wildman–Crippen LogP) is 0.982. The highest BCUT2D eigenvalue weighted by Gasteiger charge is 2.20. The molecule has 3 nitrogen and oxygen atoms in total. The molecule has 1 aliphatic rings. The molecule has 76 valence electrons. The molecule has 0 aromatic heterocycles. The number of piperidine rings is 1. The molecule has 0 spiro atoms. The van der Waals surface area contributed by atoms with Gasteiger partial charge in [0.1, 0.15) is 0 Å². The highest BCUT2D eigenvalue weighted by molar-refractivity contribution is 5.76. The Kier molecular flexibility index (Phi) is 3.72. The minimum Gasteiger partial charge on any atom is -0.342 e.